The van der Waals surface area contributed by atoms with Crippen molar-refractivity contribution in [3.05, 3.63) is 23.5 Å². The summed E-state index contributed by atoms with van der Waals surface area (Å²) >= 11 is 0. The van der Waals surface area contributed by atoms with Crippen molar-refractivity contribution in [1.82, 2.24) is 19.6 Å². The summed E-state index contributed by atoms with van der Waals surface area (Å²) < 4.78 is 32.4. The van der Waals surface area contributed by atoms with Crippen LogP contribution in [0, 0.1) is 0 Å². The highest BCUT2D eigenvalue weighted by atomic mass is 16.7. The normalized spacial score (nSPS) is 12.4. The van der Waals surface area contributed by atoms with E-state index in [1.54, 1.807) is 41.5 Å². The molecular formula is C25H34N4O11. The van der Waals surface area contributed by atoms with Gasteiger partial charge < -0.3 is 28.4 Å². The molecule has 0 fully saturated rings. The van der Waals surface area contributed by atoms with Crippen molar-refractivity contribution in [3.63, 3.8) is 0 Å². The molecule has 2 aromatic heterocycles. The smallest absolute Gasteiger partial charge is 0.434 e. The van der Waals surface area contributed by atoms with E-state index in [1.165, 1.54) is 35.6 Å². The molecule has 40 heavy (non-hydrogen) atoms. The highest BCUT2D eigenvalue weighted by molar-refractivity contribution is 6.03. The molecule has 220 valence electrons. The maximum atomic E-state index is 13.0. The molecule has 15 heteroatoms. The monoisotopic (exact) mass is 566 g/mol. The van der Waals surface area contributed by atoms with Crippen LogP contribution in [0.2, 0.25) is 0 Å². The maximum absolute atomic E-state index is 13.0. The van der Waals surface area contributed by atoms with Gasteiger partial charge in [-0.05, 0) is 55.4 Å². The van der Waals surface area contributed by atoms with Gasteiger partial charge in [0, 0.05) is 24.5 Å². The first kappa shape index (κ1) is 31.8. The zero-order valence-corrected chi connectivity index (χ0v) is 23.7. The molecule has 0 saturated carbocycles. The van der Waals surface area contributed by atoms with Gasteiger partial charge in [0.05, 0.1) is 13.2 Å². The minimum absolute atomic E-state index is 0.0456. The van der Waals surface area contributed by atoms with Crippen molar-refractivity contribution in [2.75, 3.05) is 13.2 Å². The Morgan fingerprint density at radius 1 is 0.650 bits per heavy atom. The van der Waals surface area contributed by atoms with Gasteiger partial charge in [0.15, 0.2) is 12.2 Å². The molecular weight excluding hydrogens is 532 g/mol. The molecule has 0 bridgehead atoms. The molecule has 0 aliphatic rings. The summed E-state index contributed by atoms with van der Waals surface area (Å²) in [6.45, 7) is 13.0. The lowest BCUT2D eigenvalue weighted by molar-refractivity contribution is 0.0106. The number of Topliss-reactive ketones (excluding diaryl/α,β-unsaturated/α-hetero) is 2. The zero-order chi connectivity index (χ0) is 30.1. The van der Waals surface area contributed by atoms with Crippen LogP contribution in [-0.4, -0.2) is 75.0 Å². The van der Waals surface area contributed by atoms with E-state index in [2.05, 4.69) is 10.2 Å². The van der Waals surface area contributed by atoms with Crippen molar-refractivity contribution in [3.8, 4) is 11.8 Å². The molecule has 0 spiro atoms. The number of nitrogens with zero attached hydrogens (tertiary/aromatic N) is 4. The van der Waals surface area contributed by atoms with E-state index in [0.717, 1.165) is 0 Å². The second kappa shape index (κ2) is 14.1. The third kappa shape index (κ3) is 8.28. The number of ketones is 2. The number of rotatable bonds is 12. The Balaban J connectivity index is 2.14. The molecule has 2 atom stereocenters. The van der Waals surface area contributed by atoms with Crippen LogP contribution in [0.5, 0.6) is 11.8 Å². The number of carbonyl (C=O) groups excluding carboxylic acids is 5. The van der Waals surface area contributed by atoms with Crippen molar-refractivity contribution in [1.29, 1.82) is 0 Å². The standard InChI is InChI=1S/C25H34N4O11/c1-9-35-23(32)39-21-17(11-28(26-21)13(3)4)19(30)15(7)37-25(34)38-16(8)20(31)18-12-29(14(5)6)27-22(18)40-24(33)36-10-2/h11-16H,9-10H2,1-8H3. The van der Waals surface area contributed by atoms with E-state index in [4.69, 9.17) is 28.4 Å². The second-order valence-electron chi connectivity index (χ2n) is 8.91. The van der Waals surface area contributed by atoms with Crippen LogP contribution in [0.25, 0.3) is 0 Å². The topological polar surface area (TPSA) is 176 Å². The molecule has 0 aliphatic carbocycles. The summed E-state index contributed by atoms with van der Waals surface area (Å²) in [7, 11) is 0. The van der Waals surface area contributed by atoms with Crippen LogP contribution in [0.3, 0.4) is 0 Å². The summed E-state index contributed by atoms with van der Waals surface area (Å²) in [5.41, 5.74) is -0.263. The average molecular weight is 567 g/mol. The van der Waals surface area contributed by atoms with Crippen molar-refractivity contribution in [2.24, 2.45) is 0 Å². The van der Waals surface area contributed by atoms with Gasteiger partial charge in [-0.25, -0.2) is 14.4 Å². The van der Waals surface area contributed by atoms with Gasteiger partial charge in [-0.2, -0.15) is 0 Å². The Bertz CT molecular complexity index is 1140. The lowest BCUT2D eigenvalue weighted by Gasteiger charge is -2.15. The predicted octanol–water partition coefficient (Wildman–Crippen LogP) is 4.31. The average Bonchev–Trinajstić information content (AvgIpc) is 3.48. The molecule has 0 saturated heterocycles. The van der Waals surface area contributed by atoms with E-state index >= 15 is 0 Å². The number of hydrogen-bond donors (Lipinski definition) is 0. The van der Waals surface area contributed by atoms with E-state index in [1.807, 2.05) is 0 Å². The van der Waals surface area contributed by atoms with Crippen LogP contribution in [-0.2, 0) is 18.9 Å². The Hall–Kier alpha value is -4.43. The van der Waals surface area contributed by atoms with Gasteiger partial charge in [0.1, 0.15) is 11.1 Å². The van der Waals surface area contributed by atoms with Gasteiger partial charge in [-0.1, -0.05) is 0 Å². The van der Waals surface area contributed by atoms with E-state index in [9.17, 15) is 24.0 Å². The Morgan fingerprint density at radius 2 is 1.00 bits per heavy atom. The van der Waals surface area contributed by atoms with Crippen molar-refractivity contribution < 1.29 is 52.4 Å². The third-order valence-corrected chi connectivity index (χ3v) is 5.15. The summed E-state index contributed by atoms with van der Waals surface area (Å²) in [6.07, 6.45) is -3.57. The molecule has 2 rings (SSSR count). The number of ether oxygens (including phenoxy) is 6. The molecule has 15 nitrogen and oxygen atoms in total. The van der Waals surface area contributed by atoms with Crippen molar-refractivity contribution >= 4 is 30.0 Å². The molecule has 0 radical (unpaired) electrons. The van der Waals surface area contributed by atoms with Crippen molar-refractivity contribution in [2.45, 2.75) is 79.7 Å². The number of aromatic nitrogens is 4. The lowest BCUT2D eigenvalue weighted by atomic mass is 10.1. The van der Waals surface area contributed by atoms with E-state index in [0.29, 0.717) is 0 Å². The molecule has 0 aromatic carbocycles. The highest BCUT2D eigenvalue weighted by Crippen LogP contribution is 2.24. The Morgan fingerprint density at radius 3 is 1.30 bits per heavy atom. The Labute approximate surface area is 230 Å². The molecule has 0 aliphatic heterocycles. The fourth-order valence-electron chi connectivity index (χ4n) is 3.08. The lowest BCUT2D eigenvalue weighted by Crippen LogP contribution is -2.30. The summed E-state index contributed by atoms with van der Waals surface area (Å²) in [5.74, 6) is -2.13. The van der Waals surface area contributed by atoms with Crippen LogP contribution in [0.15, 0.2) is 12.4 Å². The molecule has 2 aromatic rings. The minimum Gasteiger partial charge on any atom is -0.434 e. The second-order valence-corrected chi connectivity index (χ2v) is 8.91. The largest absolute Gasteiger partial charge is 0.515 e. The van der Waals surface area contributed by atoms with Gasteiger partial charge in [0.2, 0.25) is 11.6 Å². The summed E-state index contributed by atoms with van der Waals surface area (Å²) in [6, 6.07) is -0.367. The first-order valence-corrected chi connectivity index (χ1v) is 12.6. The van der Waals surface area contributed by atoms with Gasteiger partial charge in [-0.3, -0.25) is 19.0 Å². The van der Waals surface area contributed by atoms with Crippen LogP contribution >= 0.6 is 0 Å². The van der Waals surface area contributed by atoms with E-state index < -0.39 is 42.2 Å². The summed E-state index contributed by atoms with van der Waals surface area (Å²) in [5, 5.41) is 8.16. The van der Waals surface area contributed by atoms with Gasteiger partial charge in [0.25, 0.3) is 11.8 Å². The van der Waals surface area contributed by atoms with Crippen LogP contribution in [0.1, 0.15) is 88.2 Å². The molecule has 0 N–H and O–H groups in total. The predicted molar refractivity (Wildman–Crippen MR) is 136 cm³/mol. The van der Waals surface area contributed by atoms with Gasteiger partial charge >= 0.3 is 18.5 Å². The van der Waals surface area contributed by atoms with E-state index in [-0.39, 0.29) is 48.2 Å². The Kier molecular flexibility index (Phi) is 11.2. The minimum atomic E-state index is -1.41. The molecule has 0 amide bonds. The highest BCUT2D eigenvalue weighted by Gasteiger charge is 2.31. The SMILES string of the molecule is CCOC(=O)Oc1nn(C(C)C)cc1C(=O)C(C)OC(=O)OC(C)C(=O)c1cn(C(C)C)nc1OC(=O)OCC. The first-order valence-electron chi connectivity index (χ1n) is 12.6. The first-order chi connectivity index (χ1) is 18.8. The fourth-order valence-corrected chi connectivity index (χ4v) is 3.08. The number of carbonyl (C=O) groups is 5. The van der Waals surface area contributed by atoms with Crippen LogP contribution < -0.4 is 9.47 Å². The van der Waals surface area contributed by atoms with Crippen LogP contribution in [0.4, 0.5) is 14.4 Å². The quantitative estimate of drug-likeness (QED) is 0.202. The summed E-state index contributed by atoms with van der Waals surface area (Å²) in [4.78, 5) is 62.1. The zero-order valence-electron chi connectivity index (χ0n) is 23.7. The maximum Gasteiger partial charge on any atom is 0.515 e. The third-order valence-electron chi connectivity index (χ3n) is 5.15. The fraction of sp³-hybridized carbons (Fsp3) is 0.560. The molecule has 2 heterocycles. The van der Waals surface area contributed by atoms with Gasteiger partial charge in [-0.15, -0.1) is 10.2 Å². The number of hydrogen-bond acceptors (Lipinski definition) is 13. The molecule has 2 unspecified atom stereocenters.